The highest BCUT2D eigenvalue weighted by molar-refractivity contribution is 6.12. The molecular formula is C18H16FN3O. The summed E-state index contributed by atoms with van der Waals surface area (Å²) in [6.07, 6.45) is 1.67. The van der Waals surface area contributed by atoms with Crippen molar-refractivity contribution in [2.45, 2.75) is 32.2 Å². The van der Waals surface area contributed by atoms with Crippen molar-refractivity contribution in [1.29, 1.82) is 0 Å². The van der Waals surface area contributed by atoms with Crippen LogP contribution in [0.15, 0.2) is 46.0 Å². The molecule has 1 aromatic carbocycles. The molecule has 0 saturated carbocycles. The summed E-state index contributed by atoms with van der Waals surface area (Å²) in [4.78, 5) is 4.83. The maximum Gasteiger partial charge on any atom is 0.157 e. The maximum atomic E-state index is 13.8. The number of hydrogen-bond acceptors (Lipinski definition) is 4. The second-order valence-corrected chi connectivity index (χ2v) is 6.45. The van der Waals surface area contributed by atoms with E-state index in [2.05, 4.69) is 31.0 Å². The second-order valence-electron chi connectivity index (χ2n) is 6.45. The minimum absolute atomic E-state index is 0.242. The summed E-state index contributed by atoms with van der Waals surface area (Å²) in [7, 11) is 0. The molecule has 0 bridgehead atoms. The molecule has 1 aliphatic heterocycles. The highest BCUT2D eigenvalue weighted by Crippen LogP contribution is 2.39. The quantitative estimate of drug-likeness (QED) is 0.680. The monoisotopic (exact) mass is 309 g/mol. The number of rotatable bonds is 1. The van der Waals surface area contributed by atoms with E-state index in [-0.39, 0.29) is 22.8 Å². The number of aliphatic imine (C=N–C) groups is 1. The third-order valence-corrected chi connectivity index (χ3v) is 4.65. The fraction of sp³-hybridized carbons (Fsp3) is 0.278. The Morgan fingerprint density at radius 3 is 2.83 bits per heavy atom. The fourth-order valence-electron chi connectivity index (χ4n) is 2.99. The SMILES string of the molecule is CC1c2ccoc2C(c2cc3cccc(F)c3nn2)=NC1(C)C. The first kappa shape index (κ1) is 14.1. The zero-order valence-corrected chi connectivity index (χ0v) is 13.2. The molecule has 23 heavy (non-hydrogen) atoms. The second kappa shape index (κ2) is 4.72. The molecule has 4 nitrogen and oxygen atoms in total. The lowest BCUT2D eigenvalue weighted by Gasteiger charge is -2.32. The highest BCUT2D eigenvalue weighted by Gasteiger charge is 2.36. The molecule has 0 N–H and O–H groups in total. The molecule has 1 atom stereocenters. The standard InChI is InChI=1S/C18H16FN3O/c1-10-12-7-8-23-17(12)16(20-18(10,2)3)14-9-11-5-4-6-13(19)15(11)22-21-14/h4-10H,1-3H3. The van der Waals surface area contributed by atoms with Crippen LogP contribution in [0.3, 0.4) is 0 Å². The molecule has 4 rings (SSSR count). The van der Waals surface area contributed by atoms with Gasteiger partial charge < -0.3 is 4.42 Å². The molecule has 0 radical (unpaired) electrons. The summed E-state index contributed by atoms with van der Waals surface area (Å²) in [6, 6.07) is 8.64. The van der Waals surface area contributed by atoms with E-state index >= 15 is 0 Å². The Morgan fingerprint density at radius 1 is 1.17 bits per heavy atom. The van der Waals surface area contributed by atoms with Crippen LogP contribution in [0.1, 0.15) is 43.7 Å². The van der Waals surface area contributed by atoms with Gasteiger partial charge in [-0.25, -0.2) is 4.39 Å². The summed E-state index contributed by atoms with van der Waals surface area (Å²) in [5, 5.41) is 8.91. The van der Waals surface area contributed by atoms with Crippen LogP contribution in [0.5, 0.6) is 0 Å². The molecule has 1 unspecified atom stereocenters. The van der Waals surface area contributed by atoms with Crippen LogP contribution in [-0.2, 0) is 0 Å². The first-order chi connectivity index (χ1) is 11.0. The zero-order chi connectivity index (χ0) is 16.2. The van der Waals surface area contributed by atoms with Gasteiger partial charge in [0.05, 0.1) is 11.8 Å². The van der Waals surface area contributed by atoms with Crippen molar-refractivity contribution in [3.8, 4) is 0 Å². The minimum atomic E-state index is -0.375. The normalized spacial score (nSPS) is 19.5. The Morgan fingerprint density at radius 2 is 2.00 bits per heavy atom. The Kier molecular flexibility index (Phi) is 2.88. The molecule has 3 aromatic rings. The Labute approximate surface area is 133 Å². The van der Waals surface area contributed by atoms with Crippen molar-refractivity contribution < 1.29 is 8.81 Å². The lowest BCUT2D eigenvalue weighted by atomic mass is 9.80. The maximum absolute atomic E-state index is 13.8. The highest BCUT2D eigenvalue weighted by atomic mass is 19.1. The molecule has 0 amide bonds. The van der Waals surface area contributed by atoms with Crippen LogP contribution in [0.25, 0.3) is 10.9 Å². The van der Waals surface area contributed by atoms with Crippen LogP contribution in [-0.4, -0.2) is 21.4 Å². The molecular weight excluding hydrogens is 293 g/mol. The molecule has 1 aliphatic rings. The third kappa shape index (κ3) is 2.07. The van der Waals surface area contributed by atoms with E-state index in [0.29, 0.717) is 16.8 Å². The first-order valence-electron chi connectivity index (χ1n) is 7.57. The van der Waals surface area contributed by atoms with Gasteiger partial charge in [-0.1, -0.05) is 19.1 Å². The van der Waals surface area contributed by atoms with Crippen LogP contribution in [0, 0.1) is 5.82 Å². The van der Waals surface area contributed by atoms with Gasteiger partial charge in [0.1, 0.15) is 16.9 Å². The summed E-state index contributed by atoms with van der Waals surface area (Å²) in [5.74, 6) is 0.590. The average molecular weight is 309 g/mol. The predicted octanol–water partition coefficient (Wildman–Crippen LogP) is 4.10. The van der Waals surface area contributed by atoms with Crippen LogP contribution < -0.4 is 0 Å². The first-order valence-corrected chi connectivity index (χ1v) is 7.57. The number of aromatic nitrogens is 2. The van der Waals surface area contributed by atoms with Gasteiger partial charge in [-0.3, -0.25) is 4.99 Å². The number of furan rings is 1. The van der Waals surface area contributed by atoms with E-state index < -0.39 is 0 Å². The van der Waals surface area contributed by atoms with Gasteiger partial charge in [-0.15, -0.1) is 10.2 Å². The molecule has 0 saturated heterocycles. The van der Waals surface area contributed by atoms with E-state index in [1.54, 1.807) is 12.3 Å². The Bertz CT molecular complexity index is 942. The molecule has 0 aliphatic carbocycles. The molecule has 0 fully saturated rings. The van der Waals surface area contributed by atoms with Crippen molar-refractivity contribution in [3.05, 3.63) is 59.4 Å². The molecule has 2 aromatic heterocycles. The zero-order valence-electron chi connectivity index (χ0n) is 13.2. The summed E-state index contributed by atoms with van der Waals surface area (Å²) in [6.45, 7) is 6.31. The number of benzene rings is 1. The number of fused-ring (bicyclic) bond motifs is 2. The largest absolute Gasteiger partial charge is 0.462 e. The van der Waals surface area contributed by atoms with Crippen molar-refractivity contribution in [3.63, 3.8) is 0 Å². The lowest BCUT2D eigenvalue weighted by molar-refractivity contribution is 0.420. The lowest BCUT2D eigenvalue weighted by Crippen LogP contribution is -2.32. The third-order valence-electron chi connectivity index (χ3n) is 4.65. The topological polar surface area (TPSA) is 51.3 Å². The van der Waals surface area contributed by atoms with Crippen molar-refractivity contribution in [2.75, 3.05) is 0 Å². The van der Waals surface area contributed by atoms with Gasteiger partial charge in [0.15, 0.2) is 11.6 Å². The van der Waals surface area contributed by atoms with E-state index in [0.717, 1.165) is 11.3 Å². The van der Waals surface area contributed by atoms with Crippen molar-refractivity contribution in [1.82, 2.24) is 10.2 Å². The van der Waals surface area contributed by atoms with Gasteiger partial charge in [0.25, 0.3) is 0 Å². The molecule has 5 heteroatoms. The Hall–Kier alpha value is -2.56. The molecule has 3 heterocycles. The van der Waals surface area contributed by atoms with E-state index in [9.17, 15) is 4.39 Å². The van der Waals surface area contributed by atoms with Gasteiger partial charge >= 0.3 is 0 Å². The van der Waals surface area contributed by atoms with E-state index in [1.807, 2.05) is 18.2 Å². The van der Waals surface area contributed by atoms with Crippen LogP contribution >= 0.6 is 0 Å². The van der Waals surface area contributed by atoms with E-state index in [1.165, 1.54) is 6.07 Å². The number of hydrogen-bond donors (Lipinski definition) is 0. The van der Waals surface area contributed by atoms with Gasteiger partial charge in [0, 0.05) is 16.9 Å². The summed E-state index contributed by atoms with van der Waals surface area (Å²) in [5.41, 5.74) is 2.37. The Balaban J connectivity index is 1.93. The average Bonchev–Trinajstić information content (AvgIpc) is 3.00. The van der Waals surface area contributed by atoms with Gasteiger partial charge in [-0.2, -0.15) is 0 Å². The van der Waals surface area contributed by atoms with Crippen molar-refractivity contribution >= 4 is 16.6 Å². The molecule has 0 spiro atoms. The van der Waals surface area contributed by atoms with Crippen molar-refractivity contribution in [2.24, 2.45) is 4.99 Å². The minimum Gasteiger partial charge on any atom is -0.462 e. The summed E-state index contributed by atoms with van der Waals surface area (Å²) < 4.78 is 19.4. The van der Waals surface area contributed by atoms with Gasteiger partial charge in [-0.05, 0) is 32.0 Å². The number of nitrogens with zero attached hydrogens (tertiary/aromatic N) is 3. The fourth-order valence-corrected chi connectivity index (χ4v) is 2.99. The number of halogens is 1. The molecule has 116 valence electrons. The van der Waals surface area contributed by atoms with Gasteiger partial charge in [0.2, 0.25) is 0 Å². The smallest absolute Gasteiger partial charge is 0.157 e. The predicted molar refractivity (Wildman–Crippen MR) is 86.3 cm³/mol. The van der Waals surface area contributed by atoms with Crippen LogP contribution in [0.2, 0.25) is 0 Å². The van der Waals surface area contributed by atoms with Crippen LogP contribution in [0.4, 0.5) is 4.39 Å². The van der Waals surface area contributed by atoms with E-state index in [4.69, 9.17) is 9.41 Å². The summed E-state index contributed by atoms with van der Waals surface area (Å²) >= 11 is 0.